The standard InChI is InChI=1S/C12H20N4O3/c13-15-9(17)5-4-8-16-10(18)12(14-11(16)19)6-2-1-3-7-12/h1-8,13H2,(H,14,19)(H,15,17). The summed E-state index contributed by atoms with van der Waals surface area (Å²) in [6.07, 6.45) is 5.13. The first-order chi connectivity index (χ1) is 9.09. The quantitative estimate of drug-likeness (QED) is 0.289. The van der Waals surface area contributed by atoms with Crippen LogP contribution in [0.15, 0.2) is 0 Å². The number of nitrogens with zero attached hydrogens (tertiary/aromatic N) is 1. The molecule has 0 bridgehead atoms. The second-order valence-electron chi connectivity index (χ2n) is 5.20. The predicted molar refractivity (Wildman–Crippen MR) is 67.6 cm³/mol. The molecule has 0 radical (unpaired) electrons. The van der Waals surface area contributed by atoms with Crippen molar-refractivity contribution in [2.75, 3.05) is 6.54 Å². The molecule has 0 aromatic carbocycles. The van der Waals surface area contributed by atoms with Gasteiger partial charge in [0.1, 0.15) is 5.54 Å². The molecule has 1 aliphatic heterocycles. The van der Waals surface area contributed by atoms with Crippen LogP contribution in [0.1, 0.15) is 44.9 Å². The lowest BCUT2D eigenvalue weighted by molar-refractivity contribution is -0.132. The summed E-state index contributed by atoms with van der Waals surface area (Å²) in [5.41, 5.74) is 1.35. The highest BCUT2D eigenvalue weighted by molar-refractivity contribution is 6.07. The predicted octanol–water partition coefficient (Wildman–Crippen LogP) is 0.0112. The lowest BCUT2D eigenvalue weighted by Gasteiger charge is -2.30. The fraction of sp³-hybridized carbons (Fsp3) is 0.750. The van der Waals surface area contributed by atoms with Crippen LogP contribution in [0.4, 0.5) is 4.79 Å². The smallest absolute Gasteiger partial charge is 0.323 e. The van der Waals surface area contributed by atoms with Crippen molar-refractivity contribution in [2.45, 2.75) is 50.5 Å². The third-order valence-corrected chi connectivity index (χ3v) is 3.90. The fourth-order valence-electron chi connectivity index (χ4n) is 2.84. The van der Waals surface area contributed by atoms with E-state index in [1.54, 1.807) is 0 Å². The van der Waals surface area contributed by atoms with E-state index < -0.39 is 5.54 Å². The molecular formula is C12H20N4O3. The van der Waals surface area contributed by atoms with E-state index in [1.165, 1.54) is 4.90 Å². The highest BCUT2D eigenvalue weighted by Gasteiger charge is 2.50. The van der Waals surface area contributed by atoms with E-state index in [0.717, 1.165) is 32.1 Å². The number of hydrogen-bond acceptors (Lipinski definition) is 4. The Morgan fingerprint density at radius 2 is 2.00 bits per heavy atom. The summed E-state index contributed by atoms with van der Waals surface area (Å²) in [5, 5.41) is 2.83. The second kappa shape index (κ2) is 5.56. The number of nitrogens with one attached hydrogen (secondary N) is 2. The van der Waals surface area contributed by atoms with Crippen molar-refractivity contribution >= 4 is 17.8 Å². The minimum Gasteiger partial charge on any atom is -0.323 e. The van der Waals surface area contributed by atoms with Crippen molar-refractivity contribution in [1.82, 2.24) is 15.6 Å². The molecule has 4 N–H and O–H groups in total. The summed E-state index contributed by atoms with van der Waals surface area (Å²) in [6, 6.07) is -0.333. The molecule has 19 heavy (non-hydrogen) atoms. The van der Waals surface area contributed by atoms with Gasteiger partial charge in [0.2, 0.25) is 5.91 Å². The number of carbonyl (C=O) groups excluding carboxylic acids is 3. The van der Waals surface area contributed by atoms with E-state index in [1.807, 2.05) is 5.43 Å². The number of carbonyl (C=O) groups is 3. The number of urea groups is 1. The van der Waals surface area contributed by atoms with Gasteiger partial charge >= 0.3 is 6.03 Å². The molecule has 106 valence electrons. The average molecular weight is 268 g/mol. The summed E-state index contributed by atoms with van der Waals surface area (Å²) in [6.45, 7) is 0.264. The molecule has 1 aliphatic carbocycles. The normalized spacial score (nSPS) is 21.6. The topological polar surface area (TPSA) is 105 Å². The van der Waals surface area contributed by atoms with Gasteiger partial charge < -0.3 is 5.32 Å². The van der Waals surface area contributed by atoms with Crippen LogP contribution in [0.2, 0.25) is 0 Å². The van der Waals surface area contributed by atoms with Crippen molar-refractivity contribution < 1.29 is 14.4 Å². The molecule has 7 nitrogen and oxygen atoms in total. The van der Waals surface area contributed by atoms with Gasteiger partial charge in [0.15, 0.2) is 0 Å². The minimum atomic E-state index is -0.675. The van der Waals surface area contributed by atoms with Gasteiger partial charge in [-0.2, -0.15) is 0 Å². The Kier molecular flexibility index (Phi) is 4.04. The Morgan fingerprint density at radius 1 is 1.32 bits per heavy atom. The first kappa shape index (κ1) is 13.8. The van der Waals surface area contributed by atoms with E-state index in [4.69, 9.17) is 5.84 Å². The summed E-state index contributed by atoms with van der Waals surface area (Å²) in [7, 11) is 0. The number of amides is 4. The number of imide groups is 1. The highest BCUT2D eigenvalue weighted by atomic mass is 16.2. The molecule has 4 amide bonds. The molecule has 0 aromatic rings. The van der Waals surface area contributed by atoms with Gasteiger partial charge in [-0.25, -0.2) is 10.6 Å². The van der Waals surface area contributed by atoms with Crippen LogP contribution in [0, 0.1) is 0 Å². The van der Waals surface area contributed by atoms with Gasteiger partial charge in [-0.05, 0) is 19.3 Å². The average Bonchev–Trinajstić information content (AvgIpc) is 2.63. The maximum absolute atomic E-state index is 12.4. The molecule has 0 atom stereocenters. The second-order valence-corrected chi connectivity index (χ2v) is 5.20. The van der Waals surface area contributed by atoms with E-state index >= 15 is 0 Å². The summed E-state index contributed by atoms with van der Waals surface area (Å²) in [5.74, 6) is 4.55. The molecule has 1 saturated heterocycles. The Balaban J connectivity index is 1.93. The number of hydrogen-bond donors (Lipinski definition) is 3. The zero-order valence-electron chi connectivity index (χ0n) is 10.9. The zero-order valence-corrected chi connectivity index (χ0v) is 10.9. The first-order valence-electron chi connectivity index (χ1n) is 6.73. The van der Waals surface area contributed by atoms with Crippen LogP contribution in [0.3, 0.4) is 0 Å². The molecule has 0 unspecified atom stereocenters. The SMILES string of the molecule is NNC(=O)CCCN1C(=O)NC2(CCCCC2)C1=O. The molecule has 1 spiro atoms. The molecule has 7 heteroatoms. The summed E-state index contributed by atoms with van der Waals surface area (Å²) >= 11 is 0. The van der Waals surface area contributed by atoms with Gasteiger partial charge in [0.25, 0.3) is 5.91 Å². The summed E-state index contributed by atoms with van der Waals surface area (Å²) in [4.78, 5) is 36.5. The number of hydrazine groups is 1. The molecular weight excluding hydrogens is 248 g/mol. The van der Waals surface area contributed by atoms with Crippen LogP contribution in [-0.2, 0) is 9.59 Å². The lowest BCUT2D eigenvalue weighted by atomic mass is 9.82. The van der Waals surface area contributed by atoms with Gasteiger partial charge in [-0.3, -0.25) is 19.9 Å². The van der Waals surface area contributed by atoms with Crippen molar-refractivity contribution in [3.05, 3.63) is 0 Å². The zero-order chi connectivity index (χ0) is 13.9. The van der Waals surface area contributed by atoms with E-state index in [9.17, 15) is 14.4 Å². The monoisotopic (exact) mass is 268 g/mol. The highest BCUT2D eigenvalue weighted by Crippen LogP contribution is 2.33. The van der Waals surface area contributed by atoms with Crippen molar-refractivity contribution in [1.29, 1.82) is 0 Å². The van der Waals surface area contributed by atoms with Crippen LogP contribution < -0.4 is 16.6 Å². The molecule has 2 fully saturated rings. The van der Waals surface area contributed by atoms with E-state index in [2.05, 4.69) is 5.32 Å². The molecule has 0 aromatic heterocycles. The Labute approximate surface area is 111 Å². The maximum atomic E-state index is 12.4. The number of rotatable bonds is 4. The Bertz CT molecular complexity index is 390. The third kappa shape index (κ3) is 2.70. The van der Waals surface area contributed by atoms with Gasteiger partial charge in [0, 0.05) is 13.0 Å². The Hall–Kier alpha value is -1.63. The molecule has 2 rings (SSSR count). The maximum Gasteiger partial charge on any atom is 0.325 e. The van der Waals surface area contributed by atoms with E-state index in [0.29, 0.717) is 6.42 Å². The molecule has 1 heterocycles. The van der Waals surface area contributed by atoms with Crippen LogP contribution in [0.5, 0.6) is 0 Å². The largest absolute Gasteiger partial charge is 0.325 e. The van der Waals surface area contributed by atoms with Crippen LogP contribution >= 0.6 is 0 Å². The van der Waals surface area contributed by atoms with Crippen molar-refractivity contribution in [3.8, 4) is 0 Å². The Morgan fingerprint density at radius 3 is 2.63 bits per heavy atom. The van der Waals surface area contributed by atoms with Gasteiger partial charge in [-0.15, -0.1) is 0 Å². The van der Waals surface area contributed by atoms with Gasteiger partial charge in [-0.1, -0.05) is 19.3 Å². The van der Waals surface area contributed by atoms with Crippen LogP contribution in [0.25, 0.3) is 0 Å². The van der Waals surface area contributed by atoms with Crippen molar-refractivity contribution in [2.24, 2.45) is 5.84 Å². The molecule has 2 aliphatic rings. The van der Waals surface area contributed by atoms with Crippen molar-refractivity contribution in [3.63, 3.8) is 0 Å². The summed E-state index contributed by atoms with van der Waals surface area (Å²) < 4.78 is 0. The number of nitrogens with two attached hydrogens (primary N) is 1. The minimum absolute atomic E-state index is 0.134. The van der Waals surface area contributed by atoms with Crippen LogP contribution in [-0.4, -0.2) is 34.8 Å². The third-order valence-electron chi connectivity index (χ3n) is 3.90. The van der Waals surface area contributed by atoms with Gasteiger partial charge in [0.05, 0.1) is 0 Å². The first-order valence-corrected chi connectivity index (χ1v) is 6.73. The van der Waals surface area contributed by atoms with E-state index in [-0.39, 0.29) is 30.8 Å². The fourth-order valence-corrected chi connectivity index (χ4v) is 2.84. The molecule has 1 saturated carbocycles. The lowest BCUT2D eigenvalue weighted by Crippen LogP contribution is -2.48.